The highest BCUT2D eigenvalue weighted by molar-refractivity contribution is 5.98. The van der Waals surface area contributed by atoms with Crippen molar-refractivity contribution >= 4 is 17.9 Å². The number of esters is 1. The van der Waals surface area contributed by atoms with E-state index in [1.807, 2.05) is 44.2 Å². The molecule has 0 aromatic heterocycles. The van der Waals surface area contributed by atoms with E-state index in [1.165, 1.54) is 7.05 Å². The Kier molecular flexibility index (Phi) is 7.75. The zero-order chi connectivity index (χ0) is 20.5. The van der Waals surface area contributed by atoms with E-state index in [0.29, 0.717) is 5.56 Å². The molecule has 0 fully saturated rings. The van der Waals surface area contributed by atoms with Crippen molar-refractivity contribution < 1.29 is 19.1 Å². The summed E-state index contributed by atoms with van der Waals surface area (Å²) in [6, 6.07) is 17.3. The number of rotatable bonds is 7. The molecule has 0 saturated carbocycles. The van der Waals surface area contributed by atoms with E-state index in [4.69, 9.17) is 4.74 Å². The maximum Gasteiger partial charge on any atom is 0.321 e. The molecule has 0 heterocycles. The Balaban J connectivity index is 2.31. The van der Waals surface area contributed by atoms with Crippen LogP contribution in [0.2, 0.25) is 0 Å². The van der Waals surface area contributed by atoms with Crippen LogP contribution in [0, 0.1) is 5.92 Å². The van der Waals surface area contributed by atoms with Gasteiger partial charge < -0.3 is 10.1 Å². The molecule has 2 N–H and O–H groups in total. The van der Waals surface area contributed by atoms with Crippen molar-refractivity contribution in [3.8, 4) is 0 Å². The summed E-state index contributed by atoms with van der Waals surface area (Å²) in [7, 11) is 1.40. The highest BCUT2D eigenvalue weighted by Crippen LogP contribution is 2.30. The first-order valence-electron chi connectivity index (χ1n) is 9.30. The summed E-state index contributed by atoms with van der Waals surface area (Å²) < 4.78 is 5.65. The van der Waals surface area contributed by atoms with Gasteiger partial charge in [-0.3, -0.25) is 14.9 Å². The minimum Gasteiger partial charge on any atom is -0.447 e. The summed E-state index contributed by atoms with van der Waals surface area (Å²) in [5.74, 6) is -1.69. The lowest BCUT2D eigenvalue weighted by atomic mass is 9.85. The molecule has 2 aromatic carbocycles. The molecule has 28 heavy (non-hydrogen) atoms. The van der Waals surface area contributed by atoms with Crippen LogP contribution in [-0.4, -0.2) is 25.0 Å². The number of nitrogens with one attached hydrogen (secondary N) is 2. The summed E-state index contributed by atoms with van der Waals surface area (Å²) in [5, 5.41) is 4.51. The predicted molar refractivity (Wildman–Crippen MR) is 107 cm³/mol. The van der Waals surface area contributed by atoms with Crippen molar-refractivity contribution in [2.24, 2.45) is 5.92 Å². The van der Waals surface area contributed by atoms with Crippen molar-refractivity contribution in [1.82, 2.24) is 10.6 Å². The van der Waals surface area contributed by atoms with Gasteiger partial charge in [-0.05, 0) is 11.5 Å². The van der Waals surface area contributed by atoms with Crippen LogP contribution in [0.5, 0.6) is 0 Å². The molecule has 2 rings (SSSR count). The highest BCUT2D eigenvalue weighted by atomic mass is 16.5. The number of ether oxygens (including phenoxy) is 1. The lowest BCUT2D eigenvalue weighted by Gasteiger charge is -2.25. The number of hydrogen-bond acceptors (Lipinski definition) is 4. The minimum absolute atomic E-state index is 0.0216. The van der Waals surface area contributed by atoms with E-state index in [0.717, 1.165) is 12.0 Å². The zero-order valence-corrected chi connectivity index (χ0v) is 16.3. The van der Waals surface area contributed by atoms with Gasteiger partial charge in [-0.1, -0.05) is 80.9 Å². The Labute approximate surface area is 165 Å². The largest absolute Gasteiger partial charge is 0.447 e. The first kappa shape index (κ1) is 21.2. The van der Waals surface area contributed by atoms with Gasteiger partial charge in [-0.2, -0.15) is 0 Å². The number of carbonyl (C=O) groups excluding carboxylic acids is 3. The maximum atomic E-state index is 13.1. The summed E-state index contributed by atoms with van der Waals surface area (Å²) in [6.07, 6.45) is -0.448. The van der Waals surface area contributed by atoms with Crippen LogP contribution in [0.15, 0.2) is 60.7 Å². The van der Waals surface area contributed by atoms with Gasteiger partial charge in [0.05, 0.1) is 5.92 Å². The van der Waals surface area contributed by atoms with Crippen molar-refractivity contribution in [3.05, 3.63) is 71.8 Å². The second-order valence-electron chi connectivity index (χ2n) is 6.57. The SMILES string of the molecule is CC[C@H](C)[C@H](C(=O)O[C@H](C(=O)NC(=O)NC)c1ccccc1)c1ccccc1. The molecule has 0 unspecified atom stereocenters. The molecular formula is C22H26N2O4. The number of hydrogen-bond donors (Lipinski definition) is 2. The van der Waals surface area contributed by atoms with Crippen LogP contribution in [0.4, 0.5) is 4.79 Å². The van der Waals surface area contributed by atoms with E-state index in [1.54, 1.807) is 30.3 Å². The highest BCUT2D eigenvalue weighted by Gasteiger charge is 2.33. The molecule has 0 aliphatic heterocycles. The average molecular weight is 382 g/mol. The molecule has 0 saturated heterocycles. The third-order valence-corrected chi connectivity index (χ3v) is 4.66. The Morgan fingerprint density at radius 2 is 1.46 bits per heavy atom. The number of imide groups is 1. The number of benzene rings is 2. The van der Waals surface area contributed by atoms with Crippen LogP contribution in [-0.2, 0) is 14.3 Å². The first-order chi connectivity index (χ1) is 13.5. The third kappa shape index (κ3) is 5.42. The van der Waals surface area contributed by atoms with E-state index in [9.17, 15) is 14.4 Å². The van der Waals surface area contributed by atoms with Crippen LogP contribution in [0.3, 0.4) is 0 Å². The molecule has 3 amide bonds. The van der Waals surface area contributed by atoms with Gasteiger partial charge in [0.15, 0.2) is 0 Å². The summed E-state index contributed by atoms with van der Waals surface area (Å²) in [5.41, 5.74) is 1.33. The maximum absolute atomic E-state index is 13.1. The predicted octanol–water partition coefficient (Wildman–Crippen LogP) is 3.56. The van der Waals surface area contributed by atoms with Crippen molar-refractivity contribution in [3.63, 3.8) is 0 Å². The first-order valence-corrected chi connectivity index (χ1v) is 9.30. The molecule has 0 bridgehead atoms. The van der Waals surface area contributed by atoms with Crippen molar-refractivity contribution in [2.75, 3.05) is 7.05 Å². The summed E-state index contributed by atoms with van der Waals surface area (Å²) >= 11 is 0. The normalized spacial score (nSPS) is 13.7. The van der Waals surface area contributed by atoms with Gasteiger partial charge in [0.25, 0.3) is 5.91 Å². The Morgan fingerprint density at radius 1 is 0.929 bits per heavy atom. The fourth-order valence-corrected chi connectivity index (χ4v) is 2.92. The van der Waals surface area contributed by atoms with Crippen molar-refractivity contribution in [1.29, 1.82) is 0 Å². The van der Waals surface area contributed by atoms with E-state index >= 15 is 0 Å². The second-order valence-corrected chi connectivity index (χ2v) is 6.57. The van der Waals surface area contributed by atoms with E-state index < -0.39 is 29.9 Å². The molecule has 6 heteroatoms. The van der Waals surface area contributed by atoms with Gasteiger partial charge in [0.2, 0.25) is 6.10 Å². The fourth-order valence-electron chi connectivity index (χ4n) is 2.92. The van der Waals surface area contributed by atoms with Crippen LogP contribution in [0.1, 0.15) is 43.4 Å². The quantitative estimate of drug-likeness (QED) is 0.717. The van der Waals surface area contributed by atoms with Crippen molar-refractivity contribution in [2.45, 2.75) is 32.3 Å². The second kappa shape index (κ2) is 10.3. The van der Waals surface area contributed by atoms with Gasteiger partial charge in [0.1, 0.15) is 0 Å². The van der Waals surface area contributed by atoms with Crippen LogP contribution >= 0.6 is 0 Å². The van der Waals surface area contributed by atoms with Gasteiger partial charge in [-0.15, -0.1) is 0 Å². The van der Waals surface area contributed by atoms with Gasteiger partial charge in [-0.25, -0.2) is 4.79 Å². The number of urea groups is 1. The molecule has 2 aromatic rings. The molecular weight excluding hydrogens is 356 g/mol. The lowest BCUT2D eigenvalue weighted by Crippen LogP contribution is -2.41. The molecule has 0 spiro atoms. The van der Waals surface area contributed by atoms with Gasteiger partial charge in [0, 0.05) is 12.6 Å². The summed E-state index contributed by atoms with van der Waals surface area (Å²) in [6.45, 7) is 3.97. The Hall–Kier alpha value is -3.15. The van der Waals surface area contributed by atoms with Crippen LogP contribution in [0.25, 0.3) is 0 Å². The minimum atomic E-state index is -1.22. The summed E-state index contributed by atoms with van der Waals surface area (Å²) in [4.78, 5) is 37.3. The fraction of sp³-hybridized carbons (Fsp3) is 0.318. The Bertz CT molecular complexity index is 793. The number of carbonyl (C=O) groups is 3. The molecule has 0 radical (unpaired) electrons. The molecule has 3 atom stereocenters. The molecule has 148 valence electrons. The zero-order valence-electron chi connectivity index (χ0n) is 16.3. The number of amides is 3. The smallest absolute Gasteiger partial charge is 0.321 e. The molecule has 0 aliphatic rings. The average Bonchev–Trinajstić information content (AvgIpc) is 2.73. The molecule has 6 nitrogen and oxygen atoms in total. The molecule has 0 aliphatic carbocycles. The standard InChI is InChI=1S/C22H26N2O4/c1-4-15(2)18(16-11-7-5-8-12-16)21(26)28-19(17-13-9-6-10-14-17)20(25)24-22(27)23-3/h5-15,18-19H,4H2,1-3H3,(H2,23,24,25,27)/t15-,18-,19-/m0/s1. The lowest BCUT2D eigenvalue weighted by molar-refractivity contribution is -0.158. The topological polar surface area (TPSA) is 84.5 Å². The monoisotopic (exact) mass is 382 g/mol. The van der Waals surface area contributed by atoms with Crippen LogP contribution < -0.4 is 10.6 Å². The third-order valence-electron chi connectivity index (χ3n) is 4.66. The Morgan fingerprint density at radius 3 is 1.96 bits per heavy atom. The van der Waals surface area contributed by atoms with E-state index in [2.05, 4.69) is 10.6 Å². The van der Waals surface area contributed by atoms with E-state index in [-0.39, 0.29) is 5.92 Å². The van der Waals surface area contributed by atoms with Gasteiger partial charge >= 0.3 is 12.0 Å².